The molecule has 2 aromatic rings. The van der Waals surface area contributed by atoms with Crippen molar-refractivity contribution in [2.45, 2.75) is 19.9 Å². The number of para-hydroxylation sites is 1. The molecule has 1 aliphatic rings. The van der Waals surface area contributed by atoms with Gasteiger partial charge in [0.05, 0.1) is 5.02 Å². The van der Waals surface area contributed by atoms with Gasteiger partial charge in [0, 0.05) is 16.8 Å². The topological polar surface area (TPSA) is 54.4 Å². The van der Waals surface area contributed by atoms with Gasteiger partial charge in [-0.15, -0.1) is 5.10 Å². The number of amides is 2. The molecular formula is C20H19Cl2N3O3S. The third kappa shape index (κ3) is 5.18. The fourth-order valence-electron chi connectivity index (χ4n) is 2.67. The Morgan fingerprint density at radius 2 is 2.00 bits per heavy atom. The Hall–Kier alpha value is -2.35. The molecule has 0 aromatic heterocycles. The van der Waals surface area contributed by atoms with Gasteiger partial charge in [-0.1, -0.05) is 53.6 Å². The fourth-order valence-corrected chi connectivity index (χ4v) is 3.32. The van der Waals surface area contributed by atoms with E-state index in [0.717, 1.165) is 5.69 Å². The highest BCUT2D eigenvalue weighted by molar-refractivity contribution is 7.80. The molecule has 0 aliphatic carbocycles. The number of thiocarbonyl (C=S) groups is 1. The van der Waals surface area contributed by atoms with Crippen molar-refractivity contribution >= 4 is 58.0 Å². The zero-order valence-corrected chi connectivity index (χ0v) is 18.2. The molecule has 0 unspecified atom stereocenters. The summed E-state index contributed by atoms with van der Waals surface area (Å²) in [5, 5.41) is 6.30. The number of rotatable bonds is 5. The number of benzene rings is 2. The van der Waals surface area contributed by atoms with Crippen molar-refractivity contribution in [3.8, 4) is 5.75 Å². The van der Waals surface area contributed by atoms with E-state index in [1.54, 1.807) is 23.1 Å². The second kappa shape index (κ2) is 9.43. The van der Waals surface area contributed by atoms with E-state index in [1.807, 2.05) is 44.2 Å². The largest absolute Gasteiger partial charge is 0.482 e. The normalized spacial score (nSPS) is 13.8. The number of carbonyl (C=O) groups excluding carboxylic acids is 1. The summed E-state index contributed by atoms with van der Waals surface area (Å²) in [6, 6.07) is 13.8. The third-order valence-corrected chi connectivity index (χ3v) is 4.81. The Balaban J connectivity index is 1.78. The Labute approximate surface area is 184 Å². The number of hydrogen-bond acceptors (Lipinski definition) is 5. The predicted octanol–water partition coefficient (Wildman–Crippen LogP) is 5.38. The van der Waals surface area contributed by atoms with Crippen LogP contribution in [0, 0.1) is 0 Å². The second-order valence-electron chi connectivity index (χ2n) is 6.43. The van der Waals surface area contributed by atoms with Gasteiger partial charge in [-0.05, 0) is 44.2 Å². The lowest BCUT2D eigenvalue weighted by Crippen LogP contribution is -2.50. The summed E-state index contributed by atoms with van der Waals surface area (Å²) in [5.74, 6) is 0.649. The number of anilines is 1. The number of nitrogens with zero attached hydrogens (tertiary/aromatic N) is 3. The Morgan fingerprint density at radius 1 is 1.28 bits per heavy atom. The summed E-state index contributed by atoms with van der Waals surface area (Å²) in [6.45, 7) is 3.88. The summed E-state index contributed by atoms with van der Waals surface area (Å²) >= 11 is 17.3. The van der Waals surface area contributed by atoms with Crippen LogP contribution >= 0.6 is 35.4 Å². The maximum atomic E-state index is 13.2. The maximum absolute atomic E-state index is 13.2. The van der Waals surface area contributed by atoms with Gasteiger partial charge in [-0.3, -0.25) is 4.90 Å². The molecule has 3 rings (SSSR count). The van der Waals surface area contributed by atoms with E-state index in [0.29, 0.717) is 15.8 Å². The molecule has 0 saturated heterocycles. The number of hydrazone groups is 1. The van der Waals surface area contributed by atoms with Crippen molar-refractivity contribution in [2.75, 3.05) is 18.1 Å². The number of hydrogen-bond donors (Lipinski definition) is 0. The molecule has 1 aliphatic heterocycles. The quantitative estimate of drug-likeness (QED) is 0.572. The van der Waals surface area contributed by atoms with Gasteiger partial charge < -0.3 is 9.47 Å². The molecule has 2 amide bonds. The minimum Gasteiger partial charge on any atom is -0.482 e. The smallest absolute Gasteiger partial charge is 0.350 e. The van der Waals surface area contributed by atoms with Gasteiger partial charge in [-0.25, -0.2) is 4.79 Å². The van der Waals surface area contributed by atoms with Crippen LogP contribution in [0.25, 0.3) is 0 Å². The van der Waals surface area contributed by atoms with Crippen LogP contribution in [-0.4, -0.2) is 41.2 Å². The van der Waals surface area contributed by atoms with E-state index in [1.165, 1.54) is 5.01 Å². The zero-order chi connectivity index (χ0) is 21.0. The van der Waals surface area contributed by atoms with Crippen molar-refractivity contribution < 1.29 is 14.3 Å². The summed E-state index contributed by atoms with van der Waals surface area (Å²) < 4.78 is 11.2. The molecule has 0 saturated carbocycles. The highest BCUT2D eigenvalue weighted by Crippen LogP contribution is 2.27. The Morgan fingerprint density at radius 3 is 2.66 bits per heavy atom. The molecule has 0 atom stereocenters. The Kier molecular flexibility index (Phi) is 6.95. The first-order valence-corrected chi connectivity index (χ1v) is 10.0. The van der Waals surface area contributed by atoms with E-state index < -0.39 is 0 Å². The highest BCUT2D eigenvalue weighted by atomic mass is 35.5. The first-order chi connectivity index (χ1) is 13.9. The van der Waals surface area contributed by atoms with Gasteiger partial charge in [0.1, 0.15) is 17.3 Å². The number of ether oxygens (including phenoxy) is 2. The van der Waals surface area contributed by atoms with Crippen LogP contribution in [0.1, 0.15) is 13.8 Å². The van der Waals surface area contributed by atoms with Crippen molar-refractivity contribution in [3.63, 3.8) is 0 Å². The first-order valence-electron chi connectivity index (χ1n) is 8.86. The summed E-state index contributed by atoms with van der Waals surface area (Å²) in [5.41, 5.74) is 0.753. The lowest BCUT2D eigenvalue weighted by molar-refractivity contribution is 0.212. The molecule has 152 valence electrons. The SMILES string of the molecule is CC(C)N(C(=O)N1N=C(COc2ccc(Cl)cc2Cl)OCC1=S)c1ccccc1. The van der Waals surface area contributed by atoms with Crippen LogP contribution in [0.2, 0.25) is 10.0 Å². The molecule has 29 heavy (non-hydrogen) atoms. The summed E-state index contributed by atoms with van der Waals surface area (Å²) in [7, 11) is 0. The highest BCUT2D eigenvalue weighted by Gasteiger charge is 2.31. The van der Waals surface area contributed by atoms with Gasteiger partial charge >= 0.3 is 6.03 Å². The first kappa shape index (κ1) is 21.4. The molecule has 9 heteroatoms. The zero-order valence-electron chi connectivity index (χ0n) is 15.8. The van der Waals surface area contributed by atoms with E-state index in [2.05, 4.69) is 5.10 Å². The monoisotopic (exact) mass is 451 g/mol. The number of halogens is 2. The van der Waals surface area contributed by atoms with Crippen LogP contribution in [0.15, 0.2) is 53.6 Å². The minimum absolute atomic E-state index is 0.0131. The van der Waals surface area contributed by atoms with Gasteiger partial charge in [0.15, 0.2) is 6.61 Å². The van der Waals surface area contributed by atoms with Crippen LogP contribution in [0.5, 0.6) is 5.75 Å². The van der Waals surface area contributed by atoms with Crippen LogP contribution in [-0.2, 0) is 4.74 Å². The molecule has 0 fully saturated rings. The molecule has 0 N–H and O–H groups in total. The molecule has 0 radical (unpaired) electrons. The fraction of sp³-hybridized carbons (Fsp3) is 0.250. The molecule has 6 nitrogen and oxygen atoms in total. The summed E-state index contributed by atoms with van der Waals surface area (Å²) in [6.07, 6.45) is 0. The molecule has 2 aromatic carbocycles. The third-order valence-electron chi connectivity index (χ3n) is 3.99. The van der Waals surface area contributed by atoms with E-state index in [4.69, 9.17) is 44.9 Å². The van der Waals surface area contributed by atoms with E-state index in [9.17, 15) is 4.79 Å². The average molecular weight is 452 g/mol. The lowest BCUT2D eigenvalue weighted by Gasteiger charge is -2.32. The van der Waals surface area contributed by atoms with Crippen molar-refractivity contribution in [1.82, 2.24) is 5.01 Å². The van der Waals surface area contributed by atoms with Gasteiger partial charge in [0.25, 0.3) is 0 Å². The van der Waals surface area contributed by atoms with Gasteiger partial charge in [0.2, 0.25) is 5.90 Å². The van der Waals surface area contributed by atoms with Gasteiger partial charge in [-0.2, -0.15) is 5.01 Å². The van der Waals surface area contributed by atoms with Crippen LogP contribution in [0.4, 0.5) is 10.5 Å². The Bertz CT molecular complexity index is 938. The average Bonchev–Trinajstić information content (AvgIpc) is 2.69. The summed E-state index contributed by atoms with van der Waals surface area (Å²) in [4.78, 5) is 15.1. The standard InChI is InChI=1S/C20H19Cl2N3O3S/c1-13(2)24(15-6-4-3-5-7-15)20(26)25-19(29)12-28-18(23-25)11-27-17-9-8-14(21)10-16(17)22/h3-10,13H,11-12H2,1-2H3. The maximum Gasteiger partial charge on any atom is 0.350 e. The van der Waals surface area contributed by atoms with Crippen molar-refractivity contribution in [2.24, 2.45) is 5.10 Å². The van der Waals surface area contributed by atoms with E-state index in [-0.39, 0.29) is 36.2 Å². The van der Waals surface area contributed by atoms with E-state index >= 15 is 0 Å². The lowest BCUT2D eigenvalue weighted by atomic mass is 10.2. The van der Waals surface area contributed by atoms with Crippen LogP contribution in [0.3, 0.4) is 0 Å². The predicted molar refractivity (Wildman–Crippen MR) is 119 cm³/mol. The molecule has 0 spiro atoms. The van der Waals surface area contributed by atoms with Crippen molar-refractivity contribution in [3.05, 3.63) is 58.6 Å². The molecular weight excluding hydrogens is 433 g/mol. The molecule has 0 bridgehead atoms. The minimum atomic E-state index is -0.360. The second-order valence-corrected chi connectivity index (χ2v) is 7.75. The molecule has 1 heterocycles. The van der Waals surface area contributed by atoms with Crippen molar-refractivity contribution in [1.29, 1.82) is 0 Å². The number of carbonyl (C=O) groups is 1. The van der Waals surface area contributed by atoms with Crippen LogP contribution < -0.4 is 9.64 Å². The number of urea groups is 1.